The summed E-state index contributed by atoms with van der Waals surface area (Å²) in [7, 11) is 0. The van der Waals surface area contributed by atoms with Gasteiger partial charge in [-0.2, -0.15) is 0 Å². The fourth-order valence-electron chi connectivity index (χ4n) is 3.07. The summed E-state index contributed by atoms with van der Waals surface area (Å²) in [5.74, 6) is 0.134. The summed E-state index contributed by atoms with van der Waals surface area (Å²) in [5, 5.41) is 6.44. The van der Waals surface area contributed by atoms with E-state index in [0.29, 0.717) is 6.04 Å². The summed E-state index contributed by atoms with van der Waals surface area (Å²) < 4.78 is 0. The van der Waals surface area contributed by atoms with Gasteiger partial charge < -0.3 is 10.2 Å². The minimum Gasteiger partial charge on any atom is -0.334 e. The molecule has 3 rings (SSSR count). The number of nitrogens with one attached hydrogen (secondary N) is 1. The minimum absolute atomic E-state index is 0.134. The van der Waals surface area contributed by atoms with Crippen molar-refractivity contribution in [3.05, 3.63) is 40.2 Å². The maximum atomic E-state index is 13.0. The van der Waals surface area contributed by atoms with Crippen molar-refractivity contribution in [1.29, 1.82) is 0 Å². The first-order chi connectivity index (χ1) is 11.2. The molecule has 0 saturated carbocycles. The molecule has 1 aliphatic heterocycles. The van der Waals surface area contributed by atoms with Crippen molar-refractivity contribution in [1.82, 2.24) is 15.2 Å². The molecule has 0 radical (unpaired) electrons. The third kappa shape index (κ3) is 3.62. The molecule has 1 aromatic heterocycles. The van der Waals surface area contributed by atoms with Crippen molar-refractivity contribution in [2.75, 3.05) is 19.6 Å². The van der Waals surface area contributed by atoms with Gasteiger partial charge in [0.15, 0.2) is 0 Å². The van der Waals surface area contributed by atoms with Crippen molar-refractivity contribution in [2.45, 2.75) is 32.7 Å². The SMILES string of the molecule is CCCN(C(=O)c1cccc(-c2csc(C)n2)c1)C1CCNC1. The number of carbonyl (C=O) groups is 1. The molecule has 1 unspecified atom stereocenters. The van der Waals surface area contributed by atoms with Gasteiger partial charge in [-0.25, -0.2) is 4.98 Å². The molecule has 1 fully saturated rings. The van der Waals surface area contributed by atoms with E-state index in [0.717, 1.165) is 54.3 Å². The van der Waals surface area contributed by atoms with Crippen molar-refractivity contribution < 1.29 is 4.79 Å². The molecule has 1 atom stereocenters. The molecule has 2 aromatic rings. The Kier molecular flexibility index (Phi) is 5.08. The Balaban J connectivity index is 1.85. The Morgan fingerprint density at radius 1 is 1.48 bits per heavy atom. The van der Waals surface area contributed by atoms with Crippen molar-refractivity contribution in [3.8, 4) is 11.3 Å². The first kappa shape index (κ1) is 16.1. The third-order valence-corrected chi connectivity index (χ3v) is 5.00. The number of amides is 1. The van der Waals surface area contributed by atoms with Gasteiger partial charge in [-0.3, -0.25) is 4.79 Å². The Morgan fingerprint density at radius 3 is 3.00 bits per heavy atom. The number of hydrogen-bond donors (Lipinski definition) is 1. The van der Waals surface area contributed by atoms with Crippen LogP contribution in [0.15, 0.2) is 29.6 Å². The first-order valence-corrected chi connectivity index (χ1v) is 9.11. The number of aromatic nitrogens is 1. The van der Waals surface area contributed by atoms with E-state index in [-0.39, 0.29) is 5.91 Å². The highest BCUT2D eigenvalue weighted by atomic mass is 32.1. The van der Waals surface area contributed by atoms with Gasteiger partial charge >= 0.3 is 0 Å². The summed E-state index contributed by atoms with van der Waals surface area (Å²) in [6.45, 7) is 6.83. The fraction of sp³-hybridized carbons (Fsp3) is 0.444. The standard InChI is InChI=1S/C18H23N3OS/c1-3-9-21(16-7-8-19-11-16)18(22)15-6-4-5-14(10-15)17-12-23-13(2)20-17/h4-6,10,12,16,19H,3,7-9,11H2,1-2H3. The molecular weight excluding hydrogens is 306 g/mol. The number of nitrogens with zero attached hydrogens (tertiary/aromatic N) is 2. The monoisotopic (exact) mass is 329 g/mol. The highest BCUT2D eigenvalue weighted by molar-refractivity contribution is 7.09. The van der Waals surface area contributed by atoms with Gasteiger partial charge in [-0.1, -0.05) is 19.1 Å². The van der Waals surface area contributed by atoms with Crippen LogP contribution in [0.4, 0.5) is 0 Å². The summed E-state index contributed by atoms with van der Waals surface area (Å²) in [6, 6.07) is 8.17. The Morgan fingerprint density at radius 2 is 2.35 bits per heavy atom. The van der Waals surface area contributed by atoms with Crippen LogP contribution < -0.4 is 5.32 Å². The summed E-state index contributed by atoms with van der Waals surface area (Å²) >= 11 is 1.63. The average molecular weight is 329 g/mol. The predicted octanol–water partition coefficient (Wildman–Crippen LogP) is 3.33. The van der Waals surface area contributed by atoms with E-state index in [9.17, 15) is 4.79 Å². The Bertz CT molecular complexity index is 676. The molecule has 1 amide bonds. The maximum Gasteiger partial charge on any atom is 0.254 e. The molecule has 0 spiro atoms. The highest BCUT2D eigenvalue weighted by Crippen LogP contribution is 2.23. The quantitative estimate of drug-likeness (QED) is 0.915. The third-order valence-electron chi connectivity index (χ3n) is 4.22. The van der Waals surface area contributed by atoms with Crippen LogP contribution in [0.25, 0.3) is 11.3 Å². The number of aryl methyl sites for hydroxylation is 1. The number of thiazole rings is 1. The summed E-state index contributed by atoms with van der Waals surface area (Å²) in [6.07, 6.45) is 2.02. The zero-order valence-corrected chi connectivity index (χ0v) is 14.5. The molecule has 4 nitrogen and oxygen atoms in total. The van der Waals surface area contributed by atoms with Crippen LogP contribution in [0.1, 0.15) is 35.1 Å². The van der Waals surface area contributed by atoms with E-state index in [1.807, 2.05) is 41.5 Å². The zero-order valence-electron chi connectivity index (χ0n) is 13.7. The number of benzene rings is 1. The highest BCUT2D eigenvalue weighted by Gasteiger charge is 2.26. The molecule has 1 N–H and O–H groups in total. The minimum atomic E-state index is 0.134. The second-order valence-electron chi connectivity index (χ2n) is 5.98. The topological polar surface area (TPSA) is 45.2 Å². The molecule has 5 heteroatoms. The van der Waals surface area contributed by atoms with E-state index in [1.54, 1.807) is 11.3 Å². The molecule has 1 aromatic carbocycles. The second kappa shape index (κ2) is 7.23. The largest absolute Gasteiger partial charge is 0.334 e. The zero-order chi connectivity index (χ0) is 16.2. The van der Waals surface area contributed by atoms with E-state index < -0.39 is 0 Å². The molecule has 23 heavy (non-hydrogen) atoms. The van der Waals surface area contributed by atoms with E-state index in [4.69, 9.17) is 0 Å². The van der Waals surface area contributed by atoms with Crippen molar-refractivity contribution in [3.63, 3.8) is 0 Å². The average Bonchev–Trinajstić information content (AvgIpc) is 3.24. The number of carbonyl (C=O) groups excluding carboxylic acids is 1. The van der Waals surface area contributed by atoms with Gasteiger partial charge in [0.1, 0.15) is 0 Å². The van der Waals surface area contributed by atoms with Gasteiger partial charge in [-0.05, 0) is 38.4 Å². The molecule has 0 aliphatic carbocycles. The molecule has 1 saturated heterocycles. The lowest BCUT2D eigenvalue weighted by Crippen LogP contribution is -2.42. The van der Waals surface area contributed by atoms with E-state index >= 15 is 0 Å². The molecule has 0 bridgehead atoms. The van der Waals surface area contributed by atoms with Gasteiger partial charge in [0, 0.05) is 35.6 Å². The molecule has 1 aliphatic rings. The Labute approximate surface area is 141 Å². The molecule has 122 valence electrons. The van der Waals surface area contributed by atoms with Gasteiger partial charge in [-0.15, -0.1) is 11.3 Å². The van der Waals surface area contributed by atoms with Crippen molar-refractivity contribution >= 4 is 17.2 Å². The van der Waals surface area contributed by atoms with Gasteiger partial charge in [0.25, 0.3) is 5.91 Å². The normalized spacial score (nSPS) is 17.4. The van der Waals surface area contributed by atoms with Crippen LogP contribution in [-0.2, 0) is 0 Å². The van der Waals surface area contributed by atoms with Gasteiger partial charge in [0.05, 0.1) is 10.7 Å². The first-order valence-electron chi connectivity index (χ1n) is 8.23. The van der Waals surface area contributed by atoms with Crippen LogP contribution >= 0.6 is 11.3 Å². The van der Waals surface area contributed by atoms with Crippen LogP contribution in [0, 0.1) is 6.92 Å². The van der Waals surface area contributed by atoms with Crippen LogP contribution in [-0.4, -0.2) is 41.5 Å². The predicted molar refractivity (Wildman–Crippen MR) is 94.9 cm³/mol. The van der Waals surface area contributed by atoms with Crippen LogP contribution in [0.2, 0.25) is 0 Å². The van der Waals surface area contributed by atoms with Gasteiger partial charge in [0.2, 0.25) is 0 Å². The lowest BCUT2D eigenvalue weighted by Gasteiger charge is -2.28. The summed E-state index contributed by atoms with van der Waals surface area (Å²) in [5.41, 5.74) is 2.72. The molecular formula is C18H23N3OS. The smallest absolute Gasteiger partial charge is 0.254 e. The number of rotatable bonds is 5. The number of hydrogen-bond acceptors (Lipinski definition) is 4. The lowest BCUT2D eigenvalue weighted by molar-refractivity contribution is 0.0692. The van der Waals surface area contributed by atoms with Crippen molar-refractivity contribution in [2.24, 2.45) is 0 Å². The lowest BCUT2D eigenvalue weighted by atomic mass is 10.1. The maximum absolute atomic E-state index is 13.0. The molecule has 2 heterocycles. The van der Waals surface area contributed by atoms with E-state index in [1.165, 1.54) is 0 Å². The van der Waals surface area contributed by atoms with Crippen LogP contribution in [0.3, 0.4) is 0 Å². The fourth-order valence-corrected chi connectivity index (χ4v) is 3.69. The summed E-state index contributed by atoms with van der Waals surface area (Å²) in [4.78, 5) is 19.5. The van der Waals surface area contributed by atoms with Crippen LogP contribution in [0.5, 0.6) is 0 Å². The Hall–Kier alpha value is -1.72. The second-order valence-corrected chi connectivity index (χ2v) is 7.04. The van der Waals surface area contributed by atoms with E-state index in [2.05, 4.69) is 17.2 Å².